The molecule has 0 aromatic carbocycles. The summed E-state index contributed by atoms with van der Waals surface area (Å²) < 4.78 is 11.7. The van der Waals surface area contributed by atoms with Gasteiger partial charge in [0.1, 0.15) is 0 Å². The fraction of sp³-hybridized carbons (Fsp3) is 0.583. The summed E-state index contributed by atoms with van der Waals surface area (Å²) in [6.45, 7) is 9.42. The molecule has 0 aliphatic carbocycles. The first kappa shape index (κ1) is 14.0. The molecule has 2 rings (SSSR count). The Labute approximate surface area is 112 Å². The largest absolute Gasteiger partial charge is 0.514 e. The van der Waals surface area contributed by atoms with Crippen LogP contribution in [-0.2, 0) is 9.31 Å². The van der Waals surface area contributed by atoms with Crippen LogP contribution in [0.4, 0.5) is 5.69 Å². The summed E-state index contributed by atoms with van der Waals surface area (Å²) in [4.78, 5) is 14.7. The minimum Gasteiger partial charge on any atom is -0.398 e. The van der Waals surface area contributed by atoms with Crippen LogP contribution >= 0.6 is 0 Å². The quantitative estimate of drug-likeness (QED) is 0.460. The predicted octanol–water partition coefficient (Wildman–Crippen LogP) is 1.60. The molecule has 0 radical (unpaired) electrons. The summed E-state index contributed by atoms with van der Waals surface area (Å²) in [5.74, 6) is 0. The molecule has 1 aromatic rings. The molecule has 0 N–H and O–H groups in total. The van der Waals surface area contributed by atoms with Gasteiger partial charge in [0.2, 0.25) is 0 Å². The summed E-state index contributed by atoms with van der Waals surface area (Å²) in [6, 6.07) is 2.82. The third kappa shape index (κ3) is 2.48. The van der Waals surface area contributed by atoms with Crippen molar-refractivity contribution in [3.63, 3.8) is 0 Å². The van der Waals surface area contributed by atoms with E-state index >= 15 is 0 Å². The molecule has 0 atom stereocenters. The molecule has 1 aliphatic heterocycles. The summed E-state index contributed by atoms with van der Waals surface area (Å²) in [5, 5.41) is 10.9. The molecule has 7 heteroatoms. The lowest BCUT2D eigenvalue weighted by Crippen LogP contribution is -2.41. The van der Waals surface area contributed by atoms with Gasteiger partial charge in [0.05, 0.1) is 21.7 Å². The van der Waals surface area contributed by atoms with E-state index in [4.69, 9.17) is 9.31 Å². The first-order valence-corrected chi connectivity index (χ1v) is 6.11. The molecule has 1 fully saturated rings. The van der Waals surface area contributed by atoms with Crippen LogP contribution in [0.2, 0.25) is 0 Å². The molecule has 0 bridgehead atoms. The van der Waals surface area contributed by atoms with Gasteiger partial charge in [-0.15, -0.1) is 0 Å². The monoisotopic (exact) mass is 264 g/mol. The smallest absolute Gasteiger partial charge is 0.398 e. The Bertz CT molecular complexity index is 514. The van der Waals surface area contributed by atoms with Crippen molar-refractivity contribution in [2.75, 3.05) is 0 Å². The zero-order valence-corrected chi connectivity index (χ0v) is 11.8. The number of hydrogen-bond acceptors (Lipinski definition) is 5. The van der Waals surface area contributed by atoms with Crippen molar-refractivity contribution in [3.05, 3.63) is 27.9 Å². The van der Waals surface area contributed by atoms with Crippen molar-refractivity contribution >= 4 is 18.4 Å². The van der Waals surface area contributed by atoms with Gasteiger partial charge in [-0.2, -0.15) is 0 Å². The lowest BCUT2D eigenvalue weighted by atomic mass is 9.84. The normalized spacial score (nSPS) is 20.6. The number of pyridine rings is 1. The van der Waals surface area contributed by atoms with Gasteiger partial charge in [-0.05, 0) is 34.6 Å². The van der Waals surface area contributed by atoms with Crippen molar-refractivity contribution in [1.82, 2.24) is 4.98 Å². The Balaban J connectivity index is 2.37. The zero-order chi connectivity index (χ0) is 14.4. The number of hydrogen-bond donors (Lipinski definition) is 0. The average molecular weight is 264 g/mol. The Morgan fingerprint density at radius 1 is 1.21 bits per heavy atom. The maximum atomic E-state index is 10.9. The molecule has 6 nitrogen and oxygen atoms in total. The van der Waals surface area contributed by atoms with Gasteiger partial charge in [-0.25, -0.2) is 0 Å². The highest BCUT2D eigenvalue weighted by Gasteiger charge is 2.52. The molecule has 0 unspecified atom stereocenters. The highest BCUT2D eigenvalue weighted by atomic mass is 16.7. The van der Waals surface area contributed by atoms with E-state index in [2.05, 4.69) is 4.98 Å². The van der Waals surface area contributed by atoms with Crippen molar-refractivity contribution in [2.45, 2.75) is 45.8 Å². The van der Waals surface area contributed by atoms with Crippen molar-refractivity contribution in [2.24, 2.45) is 0 Å². The molecular formula is C12H17BN2O4. The number of rotatable bonds is 2. The lowest BCUT2D eigenvalue weighted by Gasteiger charge is -2.32. The SMILES string of the molecule is Cc1cc([N+](=O)[O-])cc(B2OC(C)(C)C(C)(C)O2)n1. The number of nitro groups is 1. The van der Waals surface area contributed by atoms with Crippen LogP contribution in [0.15, 0.2) is 12.1 Å². The molecule has 1 aliphatic rings. The van der Waals surface area contributed by atoms with E-state index in [1.807, 2.05) is 27.7 Å². The Kier molecular flexibility index (Phi) is 3.14. The summed E-state index contributed by atoms with van der Waals surface area (Å²) >= 11 is 0. The third-order valence-electron chi connectivity index (χ3n) is 3.66. The minimum atomic E-state index is -0.677. The molecular weight excluding hydrogens is 247 g/mol. The van der Waals surface area contributed by atoms with E-state index < -0.39 is 23.2 Å². The van der Waals surface area contributed by atoms with Crippen LogP contribution in [0.1, 0.15) is 33.4 Å². The molecule has 102 valence electrons. The van der Waals surface area contributed by atoms with E-state index in [0.29, 0.717) is 11.3 Å². The number of aryl methyl sites for hydroxylation is 1. The summed E-state index contributed by atoms with van der Waals surface area (Å²) in [6.07, 6.45) is 0. The highest BCUT2D eigenvalue weighted by molar-refractivity contribution is 6.61. The van der Waals surface area contributed by atoms with Crippen LogP contribution in [0.25, 0.3) is 0 Å². The van der Waals surface area contributed by atoms with Gasteiger partial charge in [-0.3, -0.25) is 15.1 Å². The predicted molar refractivity (Wildman–Crippen MR) is 71.3 cm³/mol. The van der Waals surface area contributed by atoms with Gasteiger partial charge in [0.15, 0.2) is 0 Å². The molecule has 0 amide bonds. The number of aromatic nitrogens is 1. The molecule has 0 spiro atoms. The Hall–Kier alpha value is -1.47. The molecule has 0 saturated carbocycles. The topological polar surface area (TPSA) is 74.5 Å². The molecule has 1 saturated heterocycles. The van der Waals surface area contributed by atoms with E-state index in [1.165, 1.54) is 12.1 Å². The zero-order valence-electron chi connectivity index (χ0n) is 11.8. The highest BCUT2D eigenvalue weighted by Crippen LogP contribution is 2.36. The van der Waals surface area contributed by atoms with Crippen LogP contribution in [-0.4, -0.2) is 28.2 Å². The van der Waals surface area contributed by atoms with Crippen molar-refractivity contribution < 1.29 is 14.2 Å². The second-order valence-corrected chi connectivity index (χ2v) is 5.74. The van der Waals surface area contributed by atoms with E-state index in [-0.39, 0.29) is 5.69 Å². The molecule has 1 aromatic heterocycles. The van der Waals surface area contributed by atoms with Gasteiger partial charge < -0.3 is 9.31 Å². The second kappa shape index (κ2) is 4.28. The van der Waals surface area contributed by atoms with Crippen LogP contribution in [0, 0.1) is 17.0 Å². The van der Waals surface area contributed by atoms with Crippen molar-refractivity contribution in [3.8, 4) is 0 Å². The third-order valence-corrected chi connectivity index (χ3v) is 3.66. The molecule has 19 heavy (non-hydrogen) atoms. The van der Waals surface area contributed by atoms with E-state index in [1.54, 1.807) is 6.92 Å². The van der Waals surface area contributed by atoms with Gasteiger partial charge >= 0.3 is 7.12 Å². The standard InChI is InChI=1S/C12H17BN2O4/c1-8-6-9(15(16)17)7-10(14-8)13-18-11(2,3)12(4,5)19-13/h6-7H,1-5H3. The fourth-order valence-corrected chi connectivity index (χ4v) is 1.87. The van der Waals surface area contributed by atoms with Crippen molar-refractivity contribution in [1.29, 1.82) is 0 Å². The fourth-order valence-electron chi connectivity index (χ4n) is 1.87. The Morgan fingerprint density at radius 3 is 2.21 bits per heavy atom. The first-order chi connectivity index (χ1) is 8.62. The maximum Gasteiger partial charge on any atom is 0.514 e. The number of nitrogens with zero attached hydrogens (tertiary/aromatic N) is 2. The van der Waals surface area contributed by atoms with E-state index in [0.717, 1.165) is 0 Å². The van der Waals surface area contributed by atoms with Gasteiger partial charge in [0, 0.05) is 17.8 Å². The second-order valence-electron chi connectivity index (χ2n) is 5.74. The lowest BCUT2D eigenvalue weighted by molar-refractivity contribution is -0.384. The van der Waals surface area contributed by atoms with E-state index in [9.17, 15) is 10.1 Å². The molecule has 2 heterocycles. The summed E-state index contributed by atoms with van der Waals surface area (Å²) in [5.41, 5.74) is 0.0249. The minimum absolute atomic E-state index is 0.00258. The van der Waals surface area contributed by atoms with Crippen LogP contribution < -0.4 is 5.59 Å². The average Bonchev–Trinajstić information content (AvgIpc) is 2.47. The van der Waals surface area contributed by atoms with Crippen LogP contribution in [0.3, 0.4) is 0 Å². The maximum absolute atomic E-state index is 10.9. The van der Waals surface area contributed by atoms with Gasteiger partial charge in [-0.1, -0.05) is 0 Å². The summed E-state index contributed by atoms with van der Waals surface area (Å²) in [7, 11) is -0.677. The van der Waals surface area contributed by atoms with Gasteiger partial charge in [0.25, 0.3) is 5.69 Å². The first-order valence-electron chi connectivity index (χ1n) is 6.11. The van der Waals surface area contributed by atoms with Crippen LogP contribution in [0.5, 0.6) is 0 Å². The Morgan fingerprint density at radius 2 is 1.74 bits per heavy atom.